The molecule has 0 aromatic carbocycles. The summed E-state index contributed by atoms with van der Waals surface area (Å²) in [5, 5.41) is 3.58. The van der Waals surface area contributed by atoms with Gasteiger partial charge in [-0.05, 0) is 32.4 Å². The van der Waals surface area contributed by atoms with Crippen molar-refractivity contribution in [3.8, 4) is 0 Å². The summed E-state index contributed by atoms with van der Waals surface area (Å²) in [5.74, 6) is 0.711. The quantitative estimate of drug-likeness (QED) is 0.668. The molecule has 15 heavy (non-hydrogen) atoms. The monoisotopic (exact) mass is 214 g/mol. The minimum Gasteiger partial charge on any atom is -0.313 e. The topological polar surface area (TPSA) is 15.3 Å². The van der Waals surface area contributed by atoms with Gasteiger partial charge in [0.25, 0.3) is 0 Å². The molecule has 0 spiro atoms. The number of hydrogen-bond acceptors (Lipinski definition) is 2. The Bertz CT molecular complexity index is 145. The van der Waals surface area contributed by atoms with E-state index >= 15 is 0 Å². The molecule has 0 aliphatic carbocycles. The van der Waals surface area contributed by atoms with Crippen molar-refractivity contribution in [2.75, 3.05) is 19.6 Å². The molecule has 1 N–H and O–H groups in total. The molecule has 0 heterocycles. The van der Waals surface area contributed by atoms with E-state index in [1.54, 1.807) is 0 Å². The molecular formula is C13H30N2. The zero-order valence-electron chi connectivity index (χ0n) is 11.5. The molecule has 0 radical (unpaired) electrons. The Kier molecular flexibility index (Phi) is 8.07. The van der Waals surface area contributed by atoms with Crippen molar-refractivity contribution in [1.29, 1.82) is 0 Å². The second-order valence-electron chi connectivity index (χ2n) is 4.75. The molecule has 2 atom stereocenters. The average Bonchev–Trinajstić information content (AvgIpc) is 2.22. The van der Waals surface area contributed by atoms with Crippen LogP contribution in [0.2, 0.25) is 0 Å². The van der Waals surface area contributed by atoms with Gasteiger partial charge >= 0.3 is 0 Å². The molecule has 0 aliphatic rings. The molecule has 0 amide bonds. The van der Waals surface area contributed by atoms with Crippen molar-refractivity contribution in [1.82, 2.24) is 10.2 Å². The SMILES string of the molecule is CCNC(CN(CC)C(C)CC)C(C)C. The standard InChI is InChI=1S/C13H30N2/c1-7-12(6)15(9-3)10-13(11(4)5)14-8-2/h11-14H,7-10H2,1-6H3. The fourth-order valence-electron chi connectivity index (χ4n) is 1.90. The van der Waals surface area contributed by atoms with Crippen molar-refractivity contribution in [2.45, 2.75) is 60.0 Å². The van der Waals surface area contributed by atoms with Crippen LogP contribution in [-0.2, 0) is 0 Å². The van der Waals surface area contributed by atoms with Crippen LogP contribution in [0.1, 0.15) is 48.0 Å². The Morgan fingerprint density at radius 2 is 1.67 bits per heavy atom. The van der Waals surface area contributed by atoms with Crippen LogP contribution < -0.4 is 5.32 Å². The summed E-state index contributed by atoms with van der Waals surface area (Å²) in [6.07, 6.45) is 1.24. The molecule has 0 saturated heterocycles. The number of nitrogens with zero attached hydrogens (tertiary/aromatic N) is 1. The van der Waals surface area contributed by atoms with Gasteiger partial charge in [0, 0.05) is 18.6 Å². The van der Waals surface area contributed by atoms with E-state index in [1.807, 2.05) is 0 Å². The van der Waals surface area contributed by atoms with Gasteiger partial charge in [-0.2, -0.15) is 0 Å². The summed E-state index contributed by atoms with van der Waals surface area (Å²) in [5.41, 5.74) is 0. The van der Waals surface area contributed by atoms with Crippen molar-refractivity contribution in [2.24, 2.45) is 5.92 Å². The Hall–Kier alpha value is -0.0800. The smallest absolute Gasteiger partial charge is 0.0217 e. The van der Waals surface area contributed by atoms with E-state index in [4.69, 9.17) is 0 Å². The molecule has 0 aliphatic heterocycles. The van der Waals surface area contributed by atoms with Crippen LogP contribution in [0.15, 0.2) is 0 Å². The van der Waals surface area contributed by atoms with Crippen molar-refractivity contribution >= 4 is 0 Å². The van der Waals surface area contributed by atoms with Crippen LogP contribution in [0.5, 0.6) is 0 Å². The molecule has 0 aromatic rings. The lowest BCUT2D eigenvalue weighted by molar-refractivity contribution is 0.175. The average molecular weight is 214 g/mol. The highest BCUT2D eigenvalue weighted by atomic mass is 15.2. The van der Waals surface area contributed by atoms with Gasteiger partial charge in [0.05, 0.1) is 0 Å². The van der Waals surface area contributed by atoms with Gasteiger partial charge in [0.1, 0.15) is 0 Å². The molecular weight excluding hydrogens is 184 g/mol. The van der Waals surface area contributed by atoms with Crippen LogP contribution in [0, 0.1) is 5.92 Å². The van der Waals surface area contributed by atoms with Crippen LogP contribution in [0.3, 0.4) is 0 Å². The third-order valence-corrected chi connectivity index (χ3v) is 3.32. The summed E-state index contributed by atoms with van der Waals surface area (Å²) in [6, 6.07) is 1.33. The van der Waals surface area contributed by atoms with Crippen LogP contribution in [0.25, 0.3) is 0 Å². The first-order valence-electron chi connectivity index (χ1n) is 6.54. The summed E-state index contributed by atoms with van der Waals surface area (Å²) < 4.78 is 0. The highest BCUT2D eigenvalue weighted by Gasteiger charge is 2.18. The zero-order valence-corrected chi connectivity index (χ0v) is 11.5. The summed E-state index contributed by atoms with van der Waals surface area (Å²) >= 11 is 0. The maximum Gasteiger partial charge on any atom is 0.0217 e. The van der Waals surface area contributed by atoms with Crippen LogP contribution in [0.4, 0.5) is 0 Å². The minimum atomic E-state index is 0.629. The minimum absolute atomic E-state index is 0.629. The molecule has 0 aromatic heterocycles. The lowest BCUT2D eigenvalue weighted by atomic mass is 10.0. The molecule has 0 rings (SSSR count). The Morgan fingerprint density at radius 1 is 1.07 bits per heavy atom. The molecule has 0 fully saturated rings. The lowest BCUT2D eigenvalue weighted by Gasteiger charge is -2.33. The van der Waals surface area contributed by atoms with Crippen LogP contribution in [-0.4, -0.2) is 36.6 Å². The predicted octanol–water partition coefficient (Wildman–Crippen LogP) is 2.74. The second-order valence-corrected chi connectivity index (χ2v) is 4.75. The molecule has 2 heteroatoms. The van der Waals surface area contributed by atoms with Gasteiger partial charge in [-0.15, -0.1) is 0 Å². The van der Waals surface area contributed by atoms with Crippen LogP contribution >= 0.6 is 0 Å². The summed E-state index contributed by atoms with van der Waals surface area (Å²) in [4.78, 5) is 2.58. The third-order valence-electron chi connectivity index (χ3n) is 3.32. The van der Waals surface area contributed by atoms with E-state index in [2.05, 4.69) is 51.8 Å². The fraction of sp³-hybridized carbons (Fsp3) is 1.00. The van der Waals surface area contributed by atoms with Crippen molar-refractivity contribution < 1.29 is 0 Å². The van der Waals surface area contributed by atoms with Gasteiger partial charge in [-0.25, -0.2) is 0 Å². The van der Waals surface area contributed by atoms with Crippen molar-refractivity contribution in [3.05, 3.63) is 0 Å². The van der Waals surface area contributed by atoms with Gasteiger partial charge in [0.2, 0.25) is 0 Å². The number of rotatable bonds is 8. The first-order valence-corrected chi connectivity index (χ1v) is 6.54. The van der Waals surface area contributed by atoms with E-state index in [0.29, 0.717) is 18.0 Å². The number of nitrogens with one attached hydrogen (secondary N) is 1. The Balaban J connectivity index is 4.21. The summed E-state index contributed by atoms with van der Waals surface area (Å²) in [6.45, 7) is 17.1. The highest BCUT2D eigenvalue weighted by Crippen LogP contribution is 2.09. The first kappa shape index (κ1) is 14.9. The van der Waals surface area contributed by atoms with E-state index in [1.165, 1.54) is 13.0 Å². The van der Waals surface area contributed by atoms with E-state index < -0.39 is 0 Å². The van der Waals surface area contributed by atoms with E-state index in [9.17, 15) is 0 Å². The second kappa shape index (κ2) is 8.12. The first-order chi connectivity index (χ1) is 7.06. The lowest BCUT2D eigenvalue weighted by Crippen LogP contribution is -2.46. The molecule has 2 unspecified atom stereocenters. The van der Waals surface area contributed by atoms with Gasteiger partial charge in [-0.1, -0.05) is 34.6 Å². The maximum absolute atomic E-state index is 3.58. The van der Waals surface area contributed by atoms with Gasteiger partial charge in [0.15, 0.2) is 0 Å². The maximum atomic E-state index is 3.58. The molecule has 92 valence electrons. The Labute approximate surface area is 96.4 Å². The summed E-state index contributed by atoms with van der Waals surface area (Å²) in [7, 11) is 0. The largest absolute Gasteiger partial charge is 0.313 e. The van der Waals surface area contributed by atoms with Gasteiger partial charge < -0.3 is 5.32 Å². The molecule has 0 saturated carbocycles. The zero-order chi connectivity index (χ0) is 11.8. The van der Waals surface area contributed by atoms with E-state index in [0.717, 1.165) is 13.1 Å². The molecule has 0 bridgehead atoms. The number of likely N-dealkylation sites (N-methyl/N-ethyl adjacent to an activating group) is 2. The fourth-order valence-corrected chi connectivity index (χ4v) is 1.90. The predicted molar refractivity (Wildman–Crippen MR) is 69.3 cm³/mol. The number of hydrogen-bond donors (Lipinski definition) is 1. The molecule has 2 nitrogen and oxygen atoms in total. The van der Waals surface area contributed by atoms with Gasteiger partial charge in [-0.3, -0.25) is 4.90 Å². The van der Waals surface area contributed by atoms with E-state index in [-0.39, 0.29) is 0 Å². The van der Waals surface area contributed by atoms with Crippen molar-refractivity contribution in [3.63, 3.8) is 0 Å². The Morgan fingerprint density at radius 3 is 2.00 bits per heavy atom. The normalized spacial score (nSPS) is 16.0. The highest BCUT2D eigenvalue weighted by molar-refractivity contribution is 4.76. The third kappa shape index (κ3) is 5.53.